The molecule has 0 spiro atoms. The highest BCUT2D eigenvalue weighted by Crippen LogP contribution is 2.13. The molecule has 0 aromatic heterocycles. The van der Waals surface area contributed by atoms with Gasteiger partial charge in [-0.15, -0.1) is 0 Å². The van der Waals surface area contributed by atoms with Gasteiger partial charge in [-0.25, -0.2) is 9.38 Å². The molecular weight excluding hydrogens is 371 g/mol. The number of benzene rings is 2. The van der Waals surface area contributed by atoms with Crippen molar-refractivity contribution in [3.63, 3.8) is 0 Å². The van der Waals surface area contributed by atoms with Gasteiger partial charge >= 0.3 is 0 Å². The molecule has 29 heavy (non-hydrogen) atoms. The van der Waals surface area contributed by atoms with E-state index < -0.39 is 0 Å². The first-order valence-corrected chi connectivity index (χ1v) is 9.83. The molecule has 2 rings (SSSR count). The molecule has 2 aromatic rings. The number of nitrogens with zero attached hydrogens (tertiary/aromatic N) is 1. The fourth-order valence-corrected chi connectivity index (χ4v) is 2.64. The van der Waals surface area contributed by atoms with Crippen molar-refractivity contribution in [3.8, 4) is 5.75 Å². The molecule has 0 aliphatic carbocycles. The normalized spacial score (nSPS) is 12.2. The van der Waals surface area contributed by atoms with Gasteiger partial charge in [0.05, 0.1) is 13.1 Å². The Bertz CT molecular complexity index is 826. The molecule has 1 amide bonds. The van der Waals surface area contributed by atoms with Gasteiger partial charge in [0.15, 0.2) is 5.96 Å². The summed E-state index contributed by atoms with van der Waals surface area (Å²) in [6, 6.07) is 13.5. The Morgan fingerprint density at radius 1 is 1.07 bits per heavy atom. The number of rotatable bonds is 9. The molecule has 156 valence electrons. The summed E-state index contributed by atoms with van der Waals surface area (Å²) in [6.45, 7) is 8.01. The molecule has 0 fully saturated rings. The number of nitrogens with one attached hydrogen (secondary N) is 3. The molecule has 0 saturated carbocycles. The summed E-state index contributed by atoms with van der Waals surface area (Å²) in [5.74, 6) is 0.716. The molecule has 3 N–H and O–H groups in total. The number of hydrogen-bond donors (Lipinski definition) is 3. The number of hydrogen-bond acceptors (Lipinski definition) is 3. The SMILES string of the molecule is CCNC(=O)c1cccc(CN=C(NCC)NCC(C)Oc2cccc(F)c2)c1. The second kappa shape index (κ2) is 11.7. The van der Waals surface area contributed by atoms with Gasteiger partial charge in [0.25, 0.3) is 5.91 Å². The fraction of sp³-hybridized carbons (Fsp3) is 0.364. The van der Waals surface area contributed by atoms with Gasteiger partial charge in [-0.1, -0.05) is 18.2 Å². The smallest absolute Gasteiger partial charge is 0.251 e. The topological polar surface area (TPSA) is 74.8 Å². The summed E-state index contributed by atoms with van der Waals surface area (Å²) in [6.07, 6.45) is -0.179. The lowest BCUT2D eigenvalue weighted by Gasteiger charge is -2.17. The molecule has 0 radical (unpaired) electrons. The minimum atomic E-state index is -0.326. The van der Waals surface area contributed by atoms with E-state index in [2.05, 4.69) is 20.9 Å². The van der Waals surface area contributed by atoms with E-state index in [0.29, 0.717) is 43.5 Å². The van der Waals surface area contributed by atoms with Crippen molar-refractivity contribution in [1.29, 1.82) is 0 Å². The number of carbonyl (C=O) groups excluding carboxylic acids is 1. The second-order valence-electron chi connectivity index (χ2n) is 6.52. The summed E-state index contributed by atoms with van der Waals surface area (Å²) >= 11 is 0. The Morgan fingerprint density at radius 2 is 1.83 bits per heavy atom. The Labute approximate surface area is 171 Å². The lowest BCUT2D eigenvalue weighted by atomic mass is 10.1. The first-order valence-electron chi connectivity index (χ1n) is 9.83. The van der Waals surface area contributed by atoms with Crippen molar-refractivity contribution < 1.29 is 13.9 Å². The van der Waals surface area contributed by atoms with Crippen LogP contribution in [0, 0.1) is 5.82 Å². The Morgan fingerprint density at radius 3 is 2.55 bits per heavy atom. The number of aliphatic imine (C=N–C) groups is 1. The van der Waals surface area contributed by atoms with Crippen LogP contribution in [0.3, 0.4) is 0 Å². The van der Waals surface area contributed by atoms with Crippen molar-refractivity contribution in [1.82, 2.24) is 16.0 Å². The van der Waals surface area contributed by atoms with E-state index in [-0.39, 0.29) is 17.8 Å². The van der Waals surface area contributed by atoms with E-state index >= 15 is 0 Å². The summed E-state index contributed by atoms with van der Waals surface area (Å²) in [4.78, 5) is 16.5. The quantitative estimate of drug-likeness (QED) is 0.447. The lowest BCUT2D eigenvalue weighted by Crippen LogP contribution is -2.41. The van der Waals surface area contributed by atoms with Crippen molar-refractivity contribution in [2.75, 3.05) is 19.6 Å². The van der Waals surface area contributed by atoms with Crippen molar-refractivity contribution >= 4 is 11.9 Å². The number of guanidine groups is 1. The van der Waals surface area contributed by atoms with Crippen LogP contribution in [0.2, 0.25) is 0 Å². The number of halogens is 1. The van der Waals surface area contributed by atoms with E-state index in [1.54, 1.807) is 18.2 Å². The first kappa shape index (κ1) is 22.2. The maximum absolute atomic E-state index is 13.3. The van der Waals surface area contributed by atoms with E-state index in [9.17, 15) is 9.18 Å². The van der Waals surface area contributed by atoms with Gasteiger partial charge in [0, 0.05) is 24.7 Å². The van der Waals surface area contributed by atoms with E-state index in [1.807, 2.05) is 39.0 Å². The van der Waals surface area contributed by atoms with Gasteiger partial charge in [0.2, 0.25) is 0 Å². The lowest BCUT2D eigenvalue weighted by molar-refractivity contribution is 0.0955. The zero-order valence-corrected chi connectivity index (χ0v) is 17.2. The van der Waals surface area contributed by atoms with Crippen molar-refractivity contribution in [3.05, 3.63) is 65.5 Å². The van der Waals surface area contributed by atoms with Gasteiger partial charge in [-0.2, -0.15) is 0 Å². The molecule has 1 unspecified atom stereocenters. The third-order valence-corrected chi connectivity index (χ3v) is 3.98. The Balaban J connectivity index is 1.93. The van der Waals surface area contributed by atoms with E-state index in [1.165, 1.54) is 12.1 Å². The van der Waals surface area contributed by atoms with Crippen LogP contribution < -0.4 is 20.7 Å². The summed E-state index contributed by atoms with van der Waals surface area (Å²) in [5, 5.41) is 9.20. The zero-order valence-electron chi connectivity index (χ0n) is 17.2. The molecule has 0 saturated heterocycles. The molecule has 0 heterocycles. The molecule has 0 bridgehead atoms. The first-order chi connectivity index (χ1) is 14.0. The minimum absolute atomic E-state index is 0.0910. The van der Waals surface area contributed by atoms with Crippen LogP contribution in [0.25, 0.3) is 0 Å². The van der Waals surface area contributed by atoms with Crippen molar-refractivity contribution in [2.45, 2.75) is 33.4 Å². The van der Waals surface area contributed by atoms with Gasteiger partial charge in [0.1, 0.15) is 17.7 Å². The molecule has 6 nitrogen and oxygen atoms in total. The highest BCUT2D eigenvalue weighted by molar-refractivity contribution is 5.94. The Kier molecular flexibility index (Phi) is 8.95. The third kappa shape index (κ3) is 7.81. The fourth-order valence-electron chi connectivity index (χ4n) is 2.64. The molecule has 0 aliphatic rings. The van der Waals surface area contributed by atoms with Crippen LogP contribution in [0.1, 0.15) is 36.7 Å². The third-order valence-electron chi connectivity index (χ3n) is 3.98. The monoisotopic (exact) mass is 400 g/mol. The summed E-state index contributed by atoms with van der Waals surface area (Å²) in [7, 11) is 0. The van der Waals surface area contributed by atoms with Crippen LogP contribution in [-0.4, -0.2) is 37.6 Å². The van der Waals surface area contributed by atoms with E-state index in [4.69, 9.17) is 4.74 Å². The maximum atomic E-state index is 13.3. The second-order valence-corrected chi connectivity index (χ2v) is 6.52. The predicted molar refractivity (Wildman–Crippen MR) is 114 cm³/mol. The Hall–Kier alpha value is -3.09. The van der Waals surface area contributed by atoms with Crippen molar-refractivity contribution in [2.24, 2.45) is 4.99 Å². The molecule has 2 aromatic carbocycles. The van der Waals surface area contributed by atoms with Crippen LogP contribution in [-0.2, 0) is 6.54 Å². The number of amides is 1. The molecule has 1 atom stereocenters. The van der Waals surface area contributed by atoms with Crippen LogP contribution in [0.4, 0.5) is 4.39 Å². The molecular formula is C22H29FN4O2. The van der Waals surface area contributed by atoms with Crippen LogP contribution in [0.5, 0.6) is 5.75 Å². The number of ether oxygens (including phenoxy) is 1. The molecule has 0 aliphatic heterocycles. The minimum Gasteiger partial charge on any atom is -0.489 e. The average molecular weight is 400 g/mol. The largest absolute Gasteiger partial charge is 0.489 e. The average Bonchev–Trinajstić information content (AvgIpc) is 2.70. The van der Waals surface area contributed by atoms with Crippen LogP contribution >= 0.6 is 0 Å². The van der Waals surface area contributed by atoms with Gasteiger partial charge in [-0.05, 0) is 50.6 Å². The van der Waals surface area contributed by atoms with Gasteiger partial charge < -0.3 is 20.7 Å². The molecule has 7 heteroatoms. The standard InChI is InChI=1S/C22H29FN4O2/c1-4-24-21(28)18-9-6-8-17(12-18)15-27-22(25-5-2)26-14-16(3)29-20-11-7-10-19(23)13-20/h6-13,16H,4-5,14-15H2,1-3H3,(H,24,28)(H2,25,26,27). The predicted octanol–water partition coefficient (Wildman–Crippen LogP) is 3.10. The summed E-state index contributed by atoms with van der Waals surface area (Å²) < 4.78 is 19.0. The van der Waals surface area contributed by atoms with Crippen LogP contribution in [0.15, 0.2) is 53.5 Å². The number of carbonyl (C=O) groups is 1. The summed E-state index contributed by atoms with van der Waals surface area (Å²) in [5.41, 5.74) is 1.56. The van der Waals surface area contributed by atoms with E-state index in [0.717, 1.165) is 5.56 Å². The maximum Gasteiger partial charge on any atom is 0.251 e. The van der Waals surface area contributed by atoms with Gasteiger partial charge in [-0.3, -0.25) is 4.79 Å². The highest BCUT2D eigenvalue weighted by Gasteiger charge is 2.07. The zero-order chi connectivity index (χ0) is 21.1. The highest BCUT2D eigenvalue weighted by atomic mass is 19.1.